The van der Waals surface area contributed by atoms with Crippen LogP contribution in [0.3, 0.4) is 0 Å². The zero-order valence-electron chi connectivity index (χ0n) is 12.7. The summed E-state index contributed by atoms with van der Waals surface area (Å²) in [5.41, 5.74) is 7.93. The molecule has 2 N–H and O–H groups in total. The summed E-state index contributed by atoms with van der Waals surface area (Å²) in [6.07, 6.45) is 6.72. The molecule has 3 heteroatoms. The summed E-state index contributed by atoms with van der Waals surface area (Å²) in [4.78, 5) is 0. The molecular weight excluding hydrogens is 250 g/mol. The molecule has 112 valence electrons. The van der Waals surface area contributed by atoms with E-state index < -0.39 is 0 Å². The Labute approximate surface area is 122 Å². The van der Waals surface area contributed by atoms with Crippen molar-refractivity contribution in [2.75, 3.05) is 7.11 Å². The zero-order valence-corrected chi connectivity index (χ0v) is 12.7. The molecule has 2 atom stereocenters. The molecule has 0 saturated heterocycles. The number of hydrogen-bond acceptors (Lipinski definition) is 3. The van der Waals surface area contributed by atoms with E-state index in [0.29, 0.717) is 19.3 Å². The molecule has 20 heavy (non-hydrogen) atoms. The number of benzene rings is 1. The zero-order chi connectivity index (χ0) is 14.4. The molecule has 1 aromatic carbocycles. The summed E-state index contributed by atoms with van der Waals surface area (Å²) in [6, 6.07) is 6.09. The molecule has 1 saturated carbocycles. The van der Waals surface area contributed by atoms with Crippen LogP contribution < -0.4 is 10.5 Å². The van der Waals surface area contributed by atoms with Crippen molar-refractivity contribution < 1.29 is 9.47 Å². The highest BCUT2D eigenvalue weighted by molar-refractivity contribution is 5.36. The first-order valence-electron chi connectivity index (χ1n) is 7.74. The average Bonchev–Trinajstić information content (AvgIpc) is 2.52. The predicted octanol–water partition coefficient (Wildman–Crippen LogP) is 3.64. The minimum atomic E-state index is 0.403. The van der Waals surface area contributed by atoms with Crippen molar-refractivity contribution in [1.82, 2.24) is 0 Å². The van der Waals surface area contributed by atoms with E-state index in [0.717, 1.165) is 22.8 Å². The van der Waals surface area contributed by atoms with Crippen LogP contribution in [0.2, 0.25) is 0 Å². The van der Waals surface area contributed by atoms with Crippen LogP contribution in [0.1, 0.15) is 50.2 Å². The van der Waals surface area contributed by atoms with Crippen LogP contribution in [0, 0.1) is 5.92 Å². The van der Waals surface area contributed by atoms with E-state index in [1.165, 1.54) is 32.1 Å². The largest absolute Gasteiger partial charge is 0.496 e. The Balaban J connectivity index is 1.95. The van der Waals surface area contributed by atoms with E-state index >= 15 is 0 Å². The molecule has 0 bridgehead atoms. The van der Waals surface area contributed by atoms with Gasteiger partial charge in [0.05, 0.1) is 19.8 Å². The maximum atomic E-state index is 6.12. The van der Waals surface area contributed by atoms with E-state index in [2.05, 4.69) is 13.0 Å². The molecule has 0 amide bonds. The van der Waals surface area contributed by atoms with Crippen molar-refractivity contribution in [1.29, 1.82) is 0 Å². The summed E-state index contributed by atoms with van der Waals surface area (Å²) in [7, 11) is 1.70. The minimum absolute atomic E-state index is 0.403. The van der Waals surface area contributed by atoms with Gasteiger partial charge in [0, 0.05) is 12.1 Å². The monoisotopic (exact) mass is 277 g/mol. The first-order valence-corrected chi connectivity index (χ1v) is 7.74. The van der Waals surface area contributed by atoms with Gasteiger partial charge >= 0.3 is 0 Å². The Bertz CT molecular complexity index is 419. The average molecular weight is 277 g/mol. The molecule has 2 rings (SSSR count). The lowest BCUT2D eigenvalue weighted by atomic mass is 9.85. The third-order valence-corrected chi connectivity index (χ3v) is 4.37. The van der Waals surface area contributed by atoms with Crippen LogP contribution in [0.15, 0.2) is 18.2 Å². The van der Waals surface area contributed by atoms with Gasteiger partial charge in [0.25, 0.3) is 0 Å². The van der Waals surface area contributed by atoms with Gasteiger partial charge < -0.3 is 15.2 Å². The van der Waals surface area contributed by atoms with Gasteiger partial charge in [0.1, 0.15) is 5.75 Å². The molecule has 1 aliphatic carbocycles. The number of ether oxygens (including phenoxy) is 2. The fraction of sp³-hybridized carbons (Fsp3) is 0.647. The molecule has 1 aromatic rings. The van der Waals surface area contributed by atoms with Crippen molar-refractivity contribution in [2.24, 2.45) is 11.7 Å². The second-order valence-electron chi connectivity index (χ2n) is 5.72. The molecule has 0 aliphatic heterocycles. The van der Waals surface area contributed by atoms with Crippen molar-refractivity contribution in [3.63, 3.8) is 0 Å². The van der Waals surface area contributed by atoms with Gasteiger partial charge in [-0.05, 0) is 36.5 Å². The lowest BCUT2D eigenvalue weighted by Crippen LogP contribution is -2.22. The van der Waals surface area contributed by atoms with E-state index in [4.69, 9.17) is 15.2 Å². The van der Waals surface area contributed by atoms with Crippen molar-refractivity contribution in [2.45, 2.75) is 58.3 Å². The molecule has 0 radical (unpaired) electrons. The second-order valence-corrected chi connectivity index (χ2v) is 5.72. The van der Waals surface area contributed by atoms with E-state index in [1.807, 2.05) is 12.1 Å². The first kappa shape index (κ1) is 15.3. The minimum Gasteiger partial charge on any atom is -0.496 e. The number of rotatable bonds is 6. The Hall–Kier alpha value is -1.06. The number of hydrogen-bond donors (Lipinski definition) is 1. The lowest BCUT2D eigenvalue weighted by molar-refractivity contribution is 0.00105. The quantitative estimate of drug-likeness (QED) is 0.863. The third kappa shape index (κ3) is 3.97. The SMILES string of the molecule is CCC1CCCC(OCc2cc(CN)ccc2OC)C1. The van der Waals surface area contributed by atoms with E-state index in [1.54, 1.807) is 7.11 Å². The smallest absolute Gasteiger partial charge is 0.124 e. The van der Waals surface area contributed by atoms with E-state index in [9.17, 15) is 0 Å². The molecule has 0 aromatic heterocycles. The highest BCUT2D eigenvalue weighted by atomic mass is 16.5. The molecular formula is C17H27NO2. The summed E-state index contributed by atoms with van der Waals surface area (Å²) in [6.45, 7) is 3.46. The summed E-state index contributed by atoms with van der Waals surface area (Å²) in [5.74, 6) is 1.73. The molecule has 0 heterocycles. The molecule has 2 unspecified atom stereocenters. The molecule has 1 fully saturated rings. The van der Waals surface area contributed by atoms with Crippen molar-refractivity contribution >= 4 is 0 Å². The van der Waals surface area contributed by atoms with Gasteiger partial charge in [-0.2, -0.15) is 0 Å². The van der Waals surface area contributed by atoms with Gasteiger partial charge in [0.2, 0.25) is 0 Å². The van der Waals surface area contributed by atoms with Crippen LogP contribution in [0.5, 0.6) is 5.75 Å². The van der Waals surface area contributed by atoms with Crippen molar-refractivity contribution in [3.05, 3.63) is 29.3 Å². The Morgan fingerprint density at radius 2 is 2.15 bits per heavy atom. The van der Waals surface area contributed by atoms with Gasteiger partial charge in [-0.15, -0.1) is 0 Å². The third-order valence-electron chi connectivity index (χ3n) is 4.37. The van der Waals surface area contributed by atoms with Gasteiger partial charge in [-0.1, -0.05) is 32.3 Å². The summed E-state index contributed by atoms with van der Waals surface area (Å²) < 4.78 is 11.5. The Kier molecular flexibility index (Phi) is 5.86. The molecule has 3 nitrogen and oxygen atoms in total. The van der Waals surface area contributed by atoms with Gasteiger partial charge in [0.15, 0.2) is 0 Å². The second kappa shape index (κ2) is 7.65. The Morgan fingerprint density at radius 3 is 2.85 bits per heavy atom. The maximum Gasteiger partial charge on any atom is 0.124 e. The van der Waals surface area contributed by atoms with Crippen LogP contribution in [-0.4, -0.2) is 13.2 Å². The Morgan fingerprint density at radius 1 is 1.30 bits per heavy atom. The van der Waals surface area contributed by atoms with Crippen LogP contribution in [0.4, 0.5) is 0 Å². The summed E-state index contributed by atoms with van der Waals surface area (Å²) in [5, 5.41) is 0. The first-order chi connectivity index (χ1) is 9.76. The highest BCUT2D eigenvalue weighted by Gasteiger charge is 2.21. The number of nitrogens with two attached hydrogens (primary N) is 1. The van der Waals surface area contributed by atoms with Crippen LogP contribution >= 0.6 is 0 Å². The topological polar surface area (TPSA) is 44.5 Å². The standard InChI is InChI=1S/C17H27NO2/c1-3-13-5-4-6-16(10-13)20-12-15-9-14(11-18)7-8-17(15)19-2/h7-9,13,16H,3-6,10-12,18H2,1-2H3. The molecule has 0 spiro atoms. The van der Waals surface area contributed by atoms with Gasteiger partial charge in [-0.25, -0.2) is 0 Å². The fourth-order valence-electron chi connectivity index (χ4n) is 3.04. The number of methoxy groups -OCH3 is 1. The van der Waals surface area contributed by atoms with Crippen LogP contribution in [0.25, 0.3) is 0 Å². The fourth-order valence-corrected chi connectivity index (χ4v) is 3.04. The summed E-state index contributed by atoms with van der Waals surface area (Å²) >= 11 is 0. The maximum absolute atomic E-state index is 6.12. The van der Waals surface area contributed by atoms with Gasteiger partial charge in [-0.3, -0.25) is 0 Å². The van der Waals surface area contributed by atoms with E-state index in [-0.39, 0.29) is 0 Å². The van der Waals surface area contributed by atoms with Crippen LogP contribution in [-0.2, 0) is 17.9 Å². The normalized spacial score (nSPS) is 22.8. The van der Waals surface area contributed by atoms with Crippen molar-refractivity contribution in [3.8, 4) is 5.75 Å². The highest BCUT2D eigenvalue weighted by Crippen LogP contribution is 2.30. The predicted molar refractivity (Wildman–Crippen MR) is 81.7 cm³/mol. The lowest BCUT2D eigenvalue weighted by Gasteiger charge is -2.28. The molecule has 1 aliphatic rings.